The topological polar surface area (TPSA) is 35.5 Å². The van der Waals surface area contributed by atoms with Crippen molar-refractivity contribution in [3.63, 3.8) is 0 Å². The van der Waals surface area contributed by atoms with E-state index in [1.807, 2.05) is 0 Å². The SMILES string of the molecule is OCCCCCCCCCCCN1CCNCC1. The van der Waals surface area contributed by atoms with Crippen molar-refractivity contribution in [2.24, 2.45) is 0 Å². The van der Waals surface area contributed by atoms with Crippen molar-refractivity contribution in [2.75, 3.05) is 39.3 Å². The van der Waals surface area contributed by atoms with Crippen LogP contribution < -0.4 is 5.32 Å². The molecule has 3 nitrogen and oxygen atoms in total. The lowest BCUT2D eigenvalue weighted by Crippen LogP contribution is -2.43. The maximum absolute atomic E-state index is 8.67. The Balaban J connectivity index is 1.73. The number of aliphatic hydroxyl groups excluding tert-OH is 1. The molecule has 0 bridgehead atoms. The van der Waals surface area contributed by atoms with Crippen LogP contribution in [0.3, 0.4) is 0 Å². The fourth-order valence-corrected chi connectivity index (χ4v) is 2.62. The highest BCUT2D eigenvalue weighted by Gasteiger charge is 2.07. The molecule has 1 saturated heterocycles. The molecule has 18 heavy (non-hydrogen) atoms. The van der Waals surface area contributed by atoms with Crippen molar-refractivity contribution < 1.29 is 5.11 Å². The predicted octanol–water partition coefficient (Wildman–Crippen LogP) is 2.39. The third-order valence-corrected chi connectivity index (χ3v) is 3.84. The Bertz CT molecular complexity index is 170. The van der Waals surface area contributed by atoms with Gasteiger partial charge < -0.3 is 15.3 Å². The Hall–Kier alpha value is -0.120. The number of unbranched alkanes of at least 4 members (excludes halogenated alkanes) is 8. The fourth-order valence-electron chi connectivity index (χ4n) is 2.62. The van der Waals surface area contributed by atoms with E-state index in [4.69, 9.17) is 5.11 Å². The third-order valence-electron chi connectivity index (χ3n) is 3.84. The second-order valence-corrected chi connectivity index (χ2v) is 5.50. The van der Waals surface area contributed by atoms with Crippen LogP contribution in [0.15, 0.2) is 0 Å². The monoisotopic (exact) mass is 256 g/mol. The minimum absolute atomic E-state index is 0.367. The summed E-state index contributed by atoms with van der Waals surface area (Å²) in [4.78, 5) is 2.59. The van der Waals surface area contributed by atoms with Gasteiger partial charge in [-0.25, -0.2) is 0 Å². The first-order valence-electron chi connectivity index (χ1n) is 7.97. The van der Waals surface area contributed by atoms with Crippen molar-refractivity contribution in [3.8, 4) is 0 Å². The number of rotatable bonds is 11. The summed E-state index contributed by atoms with van der Waals surface area (Å²) in [5, 5.41) is 12.1. The van der Waals surface area contributed by atoms with E-state index in [0.29, 0.717) is 6.61 Å². The van der Waals surface area contributed by atoms with Gasteiger partial charge in [-0.15, -0.1) is 0 Å². The number of nitrogens with zero attached hydrogens (tertiary/aromatic N) is 1. The van der Waals surface area contributed by atoms with E-state index >= 15 is 0 Å². The molecule has 1 fully saturated rings. The van der Waals surface area contributed by atoms with Gasteiger partial charge in [-0.2, -0.15) is 0 Å². The summed E-state index contributed by atoms with van der Waals surface area (Å²) in [5.41, 5.74) is 0. The number of aliphatic hydroxyl groups is 1. The summed E-state index contributed by atoms with van der Waals surface area (Å²) >= 11 is 0. The minimum atomic E-state index is 0.367. The molecule has 1 aliphatic rings. The Morgan fingerprint density at radius 3 is 1.78 bits per heavy atom. The van der Waals surface area contributed by atoms with Crippen molar-refractivity contribution in [2.45, 2.75) is 57.8 Å². The van der Waals surface area contributed by atoms with Gasteiger partial charge in [0.1, 0.15) is 0 Å². The molecule has 0 atom stereocenters. The molecule has 1 rings (SSSR count). The molecule has 0 radical (unpaired) electrons. The lowest BCUT2D eigenvalue weighted by Gasteiger charge is -2.27. The van der Waals surface area contributed by atoms with Gasteiger partial charge in [-0.3, -0.25) is 0 Å². The molecule has 0 aromatic heterocycles. The number of hydrogen-bond donors (Lipinski definition) is 2. The van der Waals surface area contributed by atoms with E-state index in [-0.39, 0.29) is 0 Å². The molecule has 108 valence electrons. The van der Waals surface area contributed by atoms with Gasteiger partial charge in [0, 0.05) is 32.8 Å². The van der Waals surface area contributed by atoms with Crippen LogP contribution in [0.25, 0.3) is 0 Å². The molecule has 1 aliphatic heterocycles. The van der Waals surface area contributed by atoms with Gasteiger partial charge in [0.2, 0.25) is 0 Å². The highest BCUT2D eigenvalue weighted by Crippen LogP contribution is 2.10. The Kier molecular flexibility index (Phi) is 10.6. The zero-order valence-corrected chi connectivity index (χ0v) is 12.0. The van der Waals surface area contributed by atoms with Crippen LogP contribution in [0, 0.1) is 0 Å². The summed E-state index contributed by atoms with van der Waals surface area (Å²) in [6, 6.07) is 0. The number of hydrogen-bond acceptors (Lipinski definition) is 3. The third kappa shape index (κ3) is 8.90. The van der Waals surface area contributed by atoms with Crippen LogP contribution in [-0.4, -0.2) is 49.3 Å². The first-order valence-corrected chi connectivity index (χ1v) is 7.97. The van der Waals surface area contributed by atoms with Crippen LogP contribution in [0.5, 0.6) is 0 Å². The van der Waals surface area contributed by atoms with E-state index in [1.165, 1.54) is 84.1 Å². The summed E-state index contributed by atoms with van der Waals surface area (Å²) in [5.74, 6) is 0. The second kappa shape index (κ2) is 11.9. The first-order chi connectivity index (χ1) is 8.93. The highest BCUT2D eigenvalue weighted by molar-refractivity contribution is 4.67. The van der Waals surface area contributed by atoms with E-state index in [0.717, 1.165) is 6.42 Å². The molecule has 2 N–H and O–H groups in total. The second-order valence-electron chi connectivity index (χ2n) is 5.50. The van der Waals surface area contributed by atoms with Crippen LogP contribution in [0.4, 0.5) is 0 Å². The maximum Gasteiger partial charge on any atom is 0.0431 e. The van der Waals surface area contributed by atoms with Crippen LogP contribution in [0.1, 0.15) is 57.8 Å². The minimum Gasteiger partial charge on any atom is -0.396 e. The molecule has 0 saturated carbocycles. The van der Waals surface area contributed by atoms with Crippen molar-refractivity contribution in [3.05, 3.63) is 0 Å². The normalized spacial score (nSPS) is 17.2. The van der Waals surface area contributed by atoms with Gasteiger partial charge in [0.05, 0.1) is 0 Å². The summed E-state index contributed by atoms with van der Waals surface area (Å²) in [6.07, 6.45) is 11.8. The Morgan fingerprint density at radius 1 is 0.722 bits per heavy atom. The Labute approximate surface area is 113 Å². The van der Waals surface area contributed by atoms with Gasteiger partial charge in [0.25, 0.3) is 0 Å². The largest absolute Gasteiger partial charge is 0.396 e. The zero-order chi connectivity index (χ0) is 12.9. The fraction of sp³-hybridized carbons (Fsp3) is 1.00. The molecule has 0 aliphatic carbocycles. The molecule has 0 aromatic carbocycles. The summed E-state index contributed by atoms with van der Waals surface area (Å²) in [6.45, 7) is 6.50. The highest BCUT2D eigenvalue weighted by atomic mass is 16.2. The van der Waals surface area contributed by atoms with Gasteiger partial charge >= 0.3 is 0 Å². The van der Waals surface area contributed by atoms with E-state index in [1.54, 1.807) is 0 Å². The molecule has 0 unspecified atom stereocenters. The average Bonchev–Trinajstić information content (AvgIpc) is 2.42. The molecule has 3 heteroatoms. The zero-order valence-electron chi connectivity index (χ0n) is 12.0. The maximum atomic E-state index is 8.67. The summed E-state index contributed by atoms with van der Waals surface area (Å²) < 4.78 is 0. The molecular weight excluding hydrogens is 224 g/mol. The standard InChI is InChI=1S/C15H32N2O/c18-15-9-7-5-3-1-2-4-6-8-12-17-13-10-16-11-14-17/h16,18H,1-15H2. The van der Waals surface area contributed by atoms with Crippen molar-refractivity contribution in [1.82, 2.24) is 10.2 Å². The molecular formula is C15H32N2O. The van der Waals surface area contributed by atoms with Crippen LogP contribution >= 0.6 is 0 Å². The lowest BCUT2D eigenvalue weighted by atomic mass is 10.1. The van der Waals surface area contributed by atoms with Crippen molar-refractivity contribution in [1.29, 1.82) is 0 Å². The first kappa shape index (κ1) is 15.9. The Morgan fingerprint density at radius 2 is 1.22 bits per heavy atom. The number of nitrogens with one attached hydrogen (secondary N) is 1. The quantitative estimate of drug-likeness (QED) is 0.557. The van der Waals surface area contributed by atoms with Gasteiger partial charge in [-0.1, -0.05) is 44.9 Å². The molecule has 0 aromatic rings. The molecule has 0 amide bonds. The average molecular weight is 256 g/mol. The molecule has 0 spiro atoms. The van der Waals surface area contributed by atoms with Crippen molar-refractivity contribution >= 4 is 0 Å². The van der Waals surface area contributed by atoms with E-state index < -0.39 is 0 Å². The number of piperazine rings is 1. The van der Waals surface area contributed by atoms with E-state index in [2.05, 4.69) is 10.2 Å². The lowest BCUT2D eigenvalue weighted by molar-refractivity contribution is 0.236. The van der Waals surface area contributed by atoms with Crippen LogP contribution in [-0.2, 0) is 0 Å². The summed E-state index contributed by atoms with van der Waals surface area (Å²) in [7, 11) is 0. The predicted molar refractivity (Wildman–Crippen MR) is 77.9 cm³/mol. The smallest absolute Gasteiger partial charge is 0.0431 e. The molecule has 1 heterocycles. The van der Waals surface area contributed by atoms with Crippen LogP contribution in [0.2, 0.25) is 0 Å². The van der Waals surface area contributed by atoms with E-state index in [9.17, 15) is 0 Å². The van der Waals surface area contributed by atoms with Gasteiger partial charge in [0.15, 0.2) is 0 Å². The van der Waals surface area contributed by atoms with Gasteiger partial charge in [-0.05, 0) is 19.4 Å².